The highest BCUT2D eigenvalue weighted by Crippen LogP contribution is 2.44. The van der Waals surface area contributed by atoms with Crippen molar-refractivity contribution >= 4 is 5.78 Å². The van der Waals surface area contributed by atoms with Crippen molar-refractivity contribution in [3.63, 3.8) is 0 Å². The van der Waals surface area contributed by atoms with E-state index in [-0.39, 0.29) is 5.78 Å². The van der Waals surface area contributed by atoms with Crippen molar-refractivity contribution in [1.29, 1.82) is 0 Å². The predicted molar refractivity (Wildman–Crippen MR) is 96.1 cm³/mol. The highest BCUT2D eigenvalue weighted by molar-refractivity contribution is 6.15. The van der Waals surface area contributed by atoms with E-state index in [2.05, 4.69) is 0 Å². The summed E-state index contributed by atoms with van der Waals surface area (Å²) >= 11 is 0. The molecule has 0 aromatic carbocycles. The van der Waals surface area contributed by atoms with E-state index in [9.17, 15) is 9.90 Å². The van der Waals surface area contributed by atoms with Crippen LogP contribution in [0.25, 0.3) is 0 Å². The van der Waals surface area contributed by atoms with Gasteiger partial charge in [-0.25, -0.2) is 0 Å². The summed E-state index contributed by atoms with van der Waals surface area (Å²) in [5.41, 5.74) is 4.54. The summed E-state index contributed by atoms with van der Waals surface area (Å²) < 4.78 is 0. The lowest BCUT2D eigenvalue weighted by Gasteiger charge is -2.20. The van der Waals surface area contributed by atoms with Crippen molar-refractivity contribution < 1.29 is 9.90 Å². The van der Waals surface area contributed by atoms with Gasteiger partial charge in [0.2, 0.25) is 0 Å². The molecule has 2 heteroatoms. The lowest BCUT2D eigenvalue weighted by Crippen LogP contribution is -2.20. The number of aliphatic hydroxyl groups is 1. The zero-order valence-electron chi connectivity index (χ0n) is 13.0. The summed E-state index contributed by atoms with van der Waals surface area (Å²) in [5, 5.41) is 11.0. The van der Waals surface area contributed by atoms with Crippen LogP contribution in [0, 0.1) is 0 Å². The van der Waals surface area contributed by atoms with E-state index in [0.29, 0.717) is 16.7 Å². The number of rotatable bonds is 0. The Balaban J connectivity index is 1.98. The second-order valence-electron chi connectivity index (χ2n) is 5.84. The van der Waals surface area contributed by atoms with E-state index in [1.165, 1.54) is 0 Å². The summed E-state index contributed by atoms with van der Waals surface area (Å²) in [6.45, 7) is 0. The molecule has 4 aliphatic rings. The molecule has 4 aliphatic carbocycles. The van der Waals surface area contributed by atoms with Crippen LogP contribution in [0.1, 0.15) is 0 Å². The van der Waals surface area contributed by atoms with Crippen molar-refractivity contribution in [2.24, 2.45) is 0 Å². The molecule has 4 rings (SSSR count). The Kier molecular flexibility index (Phi) is 3.60. The fourth-order valence-corrected chi connectivity index (χ4v) is 3.07. The highest BCUT2D eigenvalue weighted by Gasteiger charge is 2.35. The molecule has 1 N–H and O–H groups in total. The van der Waals surface area contributed by atoms with Crippen LogP contribution in [0.5, 0.6) is 0 Å². The van der Waals surface area contributed by atoms with E-state index < -0.39 is 6.10 Å². The molecule has 0 fully saturated rings. The van der Waals surface area contributed by atoms with Crippen LogP contribution in [0.15, 0.2) is 119 Å². The first-order valence-electron chi connectivity index (χ1n) is 7.94. The van der Waals surface area contributed by atoms with Crippen molar-refractivity contribution in [2.75, 3.05) is 0 Å². The fraction of sp³-hybridized carbons (Fsp3) is 0.0455. The average molecular weight is 312 g/mol. The molecular weight excluding hydrogens is 296 g/mol. The zero-order valence-corrected chi connectivity index (χ0v) is 13.0. The SMILES string of the molecule is O=C1C2=C3C=C3C(=CC=CC=CC=C2)C(O)C2=C1C=CC=CC=C2. The maximum atomic E-state index is 13.1. The molecule has 116 valence electrons. The molecule has 0 heterocycles. The van der Waals surface area contributed by atoms with Crippen LogP contribution in [-0.2, 0) is 4.79 Å². The number of Topliss-reactive ketones (excluding diaryl/α,β-unsaturated/α-hetero) is 1. The molecule has 0 saturated carbocycles. The molecule has 1 unspecified atom stereocenters. The third kappa shape index (κ3) is 2.47. The largest absolute Gasteiger partial charge is 0.384 e. The third-order valence-electron chi connectivity index (χ3n) is 4.34. The lowest BCUT2D eigenvalue weighted by molar-refractivity contribution is -0.111. The number of allylic oxidation sites excluding steroid dienone is 16. The molecule has 2 bridgehead atoms. The van der Waals surface area contributed by atoms with Gasteiger partial charge in [0.25, 0.3) is 0 Å². The Morgan fingerprint density at radius 2 is 1.33 bits per heavy atom. The van der Waals surface area contributed by atoms with Crippen LogP contribution in [0.3, 0.4) is 0 Å². The molecule has 0 aliphatic heterocycles. The predicted octanol–water partition coefficient (Wildman–Crippen LogP) is 3.75. The van der Waals surface area contributed by atoms with Gasteiger partial charge in [0.15, 0.2) is 5.78 Å². The van der Waals surface area contributed by atoms with Crippen molar-refractivity contribution in [3.05, 3.63) is 119 Å². The summed E-state index contributed by atoms with van der Waals surface area (Å²) in [7, 11) is 0. The highest BCUT2D eigenvalue weighted by atomic mass is 16.3. The van der Waals surface area contributed by atoms with Gasteiger partial charge >= 0.3 is 0 Å². The van der Waals surface area contributed by atoms with Crippen LogP contribution in [0.4, 0.5) is 0 Å². The maximum Gasteiger partial charge on any atom is 0.194 e. The second-order valence-corrected chi connectivity index (χ2v) is 5.84. The molecule has 0 amide bonds. The van der Waals surface area contributed by atoms with E-state index >= 15 is 0 Å². The van der Waals surface area contributed by atoms with E-state index in [0.717, 1.165) is 16.7 Å². The summed E-state index contributed by atoms with van der Waals surface area (Å²) in [4.78, 5) is 13.1. The van der Waals surface area contributed by atoms with Crippen LogP contribution >= 0.6 is 0 Å². The van der Waals surface area contributed by atoms with Gasteiger partial charge in [-0.3, -0.25) is 4.79 Å². The Morgan fingerprint density at radius 1 is 0.708 bits per heavy atom. The molecule has 2 nitrogen and oxygen atoms in total. The van der Waals surface area contributed by atoms with Crippen LogP contribution < -0.4 is 0 Å². The van der Waals surface area contributed by atoms with E-state index in [4.69, 9.17) is 0 Å². The first-order chi connectivity index (χ1) is 11.8. The molecule has 0 aromatic rings. The standard InChI is InChI=1S/C22H16O2/c23-21-15-10-8-4-5-9-11-16(15)22(24)18-13-7-3-1-2-6-12-17(21)19-14-20(18)19/h1-14,21,23H. The summed E-state index contributed by atoms with van der Waals surface area (Å²) in [5.74, 6) is -0.0580. The number of carbonyl (C=O) groups is 1. The quantitative estimate of drug-likeness (QED) is 0.739. The molecular formula is C22H16O2. The Labute approximate surface area is 140 Å². The van der Waals surface area contributed by atoms with Gasteiger partial charge in [0.05, 0.1) is 0 Å². The van der Waals surface area contributed by atoms with Gasteiger partial charge in [-0.2, -0.15) is 0 Å². The average Bonchev–Trinajstić information content (AvgIpc) is 3.31. The normalized spacial score (nSPS) is 24.5. The third-order valence-corrected chi connectivity index (χ3v) is 4.34. The maximum absolute atomic E-state index is 13.1. The van der Waals surface area contributed by atoms with E-state index in [1.54, 1.807) is 6.08 Å². The first-order valence-corrected chi connectivity index (χ1v) is 7.94. The van der Waals surface area contributed by atoms with Crippen LogP contribution in [-0.4, -0.2) is 17.0 Å². The summed E-state index contributed by atoms with van der Waals surface area (Å²) in [6, 6.07) is 0. The lowest BCUT2D eigenvalue weighted by atomic mass is 9.86. The topological polar surface area (TPSA) is 37.3 Å². The van der Waals surface area contributed by atoms with Gasteiger partial charge in [0, 0.05) is 11.1 Å². The number of hydrogen-bond acceptors (Lipinski definition) is 2. The second kappa shape index (κ2) is 5.91. The number of hydrogen-bond donors (Lipinski definition) is 1. The Bertz CT molecular complexity index is 919. The zero-order chi connectivity index (χ0) is 16.5. The number of aliphatic hydroxyl groups excluding tert-OH is 1. The smallest absolute Gasteiger partial charge is 0.194 e. The Morgan fingerprint density at radius 3 is 2.12 bits per heavy atom. The van der Waals surface area contributed by atoms with Gasteiger partial charge < -0.3 is 5.11 Å². The molecule has 24 heavy (non-hydrogen) atoms. The van der Waals surface area contributed by atoms with Gasteiger partial charge in [-0.15, -0.1) is 0 Å². The summed E-state index contributed by atoms with van der Waals surface area (Å²) in [6.07, 6.45) is 25.5. The fourth-order valence-electron chi connectivity index (χ4n) is 3.07. The minimum Gasteiger partial charge on any atom is -0.384 e. The first kappa shape index (κ1) is 14.6. The van der Waals surface area contributed by atoms with Crippen molar-refractivity contribution in [2.45, 2.75) is 6.10 Å². The Hall–Kier alpha value is -2.97. The van der Waals surface area contributed by atoms with Crippen LogP contribution in [0.2, 0.25) is 0 Å². The van der Waals surface area contributed by atoms with Crippen molar-refractivity contribution in [3.8, 4) is 0 Å². The molecule has 1 atom stereocenters. The van der Waals surface area contributed by atoms with Gasteiger partial charge in [-0.05, 0) is 28.4 Å². The van der Waals surface area contributed by atoms with Gasteiger partial charge in [-0.1, -0.05) is 79.0 Å². The molecule has 0 saturated heterocycles. The minimum absolute atomic E-state index is 0.0580. The van der Waals surface area contributed by atoms with Crippen molar-refractivity contribution in [1.82, 2.24) is 0 Å². The number of carbonyl (C=O) groups excluding carboxylic acids is 1. The molecule has 0 spiro atoms. The molecule has 0 aromatic heterocycles. The number of ketones is 1. The minimum atomic E-state index is -0.833. The monoisotopic (exact) mass is 312 g/mol. The molecule has 0 radical (unpaired) electrons. The van der Waals surface area contributed by atoms with E-state index in [1.807, 2.05) is 79.0 Å². The van der Waals surface area contributed by atoms with Gasteiger partial charge in [0.1, 0.15) is 6.10 Å².